The third kappa shape index (κ3) is 6.11. The lowest BCUT2D eigenvalue weighted by Crippen LogP contribution is -2.30. The fourth-order valence-electron chi connectivity index (χ4n) is 0.831. The Morgan fingerprint density at radius 1 is 1.46 bits per heavy atom. The van der Waals surface area contributed by atoms with Gasteiger partial charge in [0.2, 0.25) is 0 Å². The predicted octanol–water partition coefficient (Wildman–Crippen LogP) is 3.40. The predicted molar refractivity (Wildman–Crippen MR) is 61.1 cm³/mol. The first kappa shape index (κ1) is 13.0. The van der Waals surface area contributed by atoms with Crippen molar-refractivity contribution < 1.29 is 0 Å². The molecule has 78 valence electrons. The molecule has 0 aliphatic heterocycles. The molecule has 0 spiro atoms. The van der Waals surface area contributed by atoms with E-state index in [0.717, 1.165) is 13.1 Å². The second-order valence-electron chi connectivity index (χ2n) is 4.85. The summed E-state index contributed by atoms with van der Waals surface area (Å²) >= 11 is 5.56. The van der Waals surface area contributed by atoms with Gasteiger partial charge in [0.25, 0.3) is 0 Å². The molecular formula is C11H22ClN. The van der Waals surface area contributed by atoms with Gasteiger partial charge in [0.15, 0.2) is 0 Å². The van der Waals surface area contributed by atoms with Gasteiger partial charge in [-0.1, -0.05) is 39.3 Å². The van der Waals surface area contributed by atoms with Gasteiger partial charge in [-0.05, 0) is 30.4 Å². The summed E-state index contributed by atoms with van der Waals surface area (Å²) in [6.45, 7) is 13.0. The molecule has 0 aromatic heterocycles. The monoisotopic (exact) mass is 203 g/mol. The number of rotatable bonds is 4. The largest absolute Gasteiger partial charge is 0.313 e. The van der Waals surface area contributed by atoms with Crippen LogP contribution in [0, 0.1) is 11.3 Å². The standard InChI is InChI=1S/C11H22ClN/c1-9(6-12)7-13-8-10(2)11(3,4)5/h6,10,13H,7-8H2,1-5H3. The number of halogens is 1. The maximum absolute atomic E-state index is 5.56. The lowest BCUT2D eigenvalue weighted by Gasteiger charge is -2.27. The highest BCUT2D eigenvalue weighted by Crippen LogP contribution is 2.24. The molecule has 0 fully saturated rings. The fraction of sp³-hybridized carbons (Fsp3) is 0.818. The average molecular weight is 204 g/mol. The Morgan fingerprint density at radius 2 is 2.00 bits per heavy atom. The summed E-state index contributed by atoms with van der Waals surface area (Å²) in [6.07, 6.45) is 0. The van der Waals surface area contributed by atoms with Crippen LogP contribution in [0.5, 0.6) is 0 Å². The lowest BCUT2D eigenvalue weighted by atomic mass is 9.82. The van der Waals surface area contributed by atoms with Crippen LogP contribution >= 0.6 is 11.6 Å². The Bertz CT molecular complexity index is 167. The topological polar surface area (TPSA) is 12.0 Å². The van der Waals surface area contributed by atoms with Crippen molar-refractivity contribution in [3.8, 4) is 0 Å². The van der Waals surface area contributed by atoms with Crippen molar-refractivity contribution in [1.29, 1.82) is 0 Å². The summed E-state index contributed by atoms with van der Waals surface area (Å²) in [4.78, 5) is 0. The summed E-state index contributed by atoms with van der Waals surface area (Å²) < 4.78 is 0. The van der Waals surface area contributed by atoms with E-state index >= 15 is 0 Å². The van der Waals surface area contributed by atoms with Crippen LogP contribution in [0.2, 0.25) is 0 Å². The van der Waals surface area contributed by atoms with E-state index in [0.29, 0.717) is 11.3 Å². The molecule has 2 heteroatoms. The van der Waals surface area contributed by atoms with Crippen molar-refractivity contribution in [3.63, 3.8) is 0 Å². The van der Waals surface area contributed by atoms with Crippen LogP contribution in [0.3, 0.4) is 0 Å². The molecule has 1 nitrogen and oxygen atoms in total. The van der Waals surface area contributed by atoms with E-state index in [1.807, 2.05) is 6.92 Å². The Hall–Kier alpha value is -0.0100. The minimum atomic E-state index is 0.381. The number of nitrogens with one attached hydrogen (secondary N) is 1. The molecule has 1 N–H and O–H groups in total. The third-order valence-corrected chi connectivity index (χ3v) is 2.89. The van der Waals surface area contributed by atoms with Crippen LogP contribution in [0.4, 0.5) is 0 Å². The van der Waals surface area contributed by atoms with Gasteiger partial charge in [0.05, 0.1) is 0 Å². The first-order valence-electron chi connectivity index (χ1n) is 4.84. The summed E-state index contributed by atoms with van der Waals surface area (Å²) in [7, 11) is 0. The van der Waals surface area contributed by atoms with Gasteiger partial charge < -0.3 is 5.32 Å². The van der Waals surface area contributed by atoms with Crippen molar-refractivity contribution in [1.82, 2.24) is 5.32 Å². The van der Waals surface area contributed by atoms with Gasteiger partial charge in [0.1, 0.15) is 0 Å². The summed E-state index contributed by atoms with van der Waals surface area (Å²) in [5.74, 6) is 0.677. The van der Waals surface area contributed by atoms with E-state index < -0.39 is 0 Å². The van der Waals surface area contributed by atoms with Gasteiger partial charge in [-0.3, -0.25) is 0 Å². The second kappa shape index (κ2) is 5.66. The zero-order valence-electron chi connectivity index (χ0n) is 9.45. The van der Waals surface area contributed by atoms with E-state index in [4.69, 9.17) is 11.6 Å². The third-order valence-electron chi connectivity index (χ3n) is 2.52. The quantitative estimate of drug-likeness (QED) is 0.739. The molecule has 0 aliphatic rings. The molecule has 0 heterocycles. The summed E-state index contributed by atoms with van der Waals surface area (Å²) in [5.41, 5.74) is 3.20. The molecule has 1 atom stereocenters. The van der Waals surface area contributed by atoms with Gasteiger partial charge in [0, 0.05) is 12.1 Å². The van der Waals surface area contributed by atoms with Crippen molar-refractivity contribution in [2.45, 2.75) is 34.6 Å². The maximum Gasteiger partial charge on any atom is 0.0173 e. The zero-order valence-corrected chi connectivity index (χ0v) is 10.2. The molecule has 13 heavy (non-hydrogen) atoms. The summed E-state index contributed by atoms with van der Waals surface area (Å²) in [5, 5.41) is 3.39. The van der Waals surface area contributed by atoms with Crippen LogP contribution in [0.25, 0.3) is 0 Å². The highest BCUT2D eigenvalue weighted by Gasteiger charge is 2.18. The molecular weight excluding hydrogens is 182 g/mol. The first-order valence-corrected chi connectivity index (χ1v) is 5.28. The molecule has 0 saturated heterocycles. The molecule has 0 aromatic carbocycles. The number of hydrogen-bond donors (Lipinski definition) is 1. The van der Waals surface area contributed by atoms with Crippen LogP contribution in [-0.2, 0) is 0 Å². The Kier molecular flexibility index (Phi) is 5.66. The molecule has 0 saturated carbocycles. The molecule has 0 aliphatic carbocycles. The minimum Gasteiger partial charge on any atom is -0.313 e. The number of hydrogen-bond acceptors (Lipinski definition) is 1. The van der Waals surface area contributed by atoms with Crippen molar-refractivity contribution in [2.75, 3.05) is 13.1 Å². The van der Waals surface area contributed by atoms with E-state index in [1.54, 1.807) is 5.54 Å². The Morgan fingerprint density at radius 3 is 2.38 bits per heavy atom. The van der Waals surface area contributed by atoms with Gasteiger partial charge in [-0.2, -0.15) is 0 Å². The highest BCUT2D eigenvalue weighted by atomic mass is 35.5. The van der Waals surface area contributed by atoms with Crippen LogP contribution in [-0.4, -0.2) is 13.1 Å². The minimum absolute atomic E-state index is 0.381. The molecule has 0 aromatic rings. The van der Waals surface area contributed by atoms with Crippen LogP contribution in [0.15, 0.2) is 11.1 Å². The Labute approximate surface area is 87.6 Å². The molecule has 0 rings (SSSR count). The normalized spacial score (nSPS) is 16.0. The van der Waals surface area contributed by atoms with Gasteiger partial charge >= 0.3 is 0 Å². The zero-order chi connectivity index (χ0) is 10.5. The second-order valence-corrected chi connectivity index (χ2v) is 5.07. The van der Waals surface area contributed by atoms with Crippen molar-refractivity contribution in [2.24, 2.45) is 11.3 Å². The Balaban J connectivity index is 3.66. The maximum atomic E-state index is 5.56. The highest BCUT2D eigenvalue weighted by molar-refractivity contribution is 6.25. The molecule has 0 amide bonds. The van der Waals surface area contributed by atoms with Crippen LogP contribution < -0.4 is 5.32 Å². The smallest absolute Gasteiger partial charge is 0.0173 e. The summed E-state index contributed by atoms with van der Waals surface area (Å²) in [6, 6.07) is 0. The molecule has 0 bridgehead atoms. The SMILES string of the molecule is CC(=CCl)CNCC(C)C(C)(C)C. The first-order chi connectivity index (χ1) is 5.88. The van der Waals surface area contributed by atoms with Crippen LogP contribution in [0.1, 0.15) is 34.6 Å². The van der Waals surface area contributed by atoms with E-state index in [-0.39, 0.29) is 0 Å². The van der Waals surface area contributed by atoms with E-state index in [1.165, 1.54) is 5.57 Å². The lowest BCUT2D eigenvalue weighted by molar-refractivity contribution is 0.255. The van der Waals surface area contributed by atoms with Crippen molar-refractivity contribution >= 4 is 11.6 Å². The fourth-order valence-corrected chi connectivity index (χ4v) is 0.908. The van der Waals surface area contributed by atoms with E-state index in [2.05, 4.69) is 33.0 Å². The van der Waals surface area contributed by atoms with Crippen molar-refractivity contribution in [3.05, 3.63) is 11.1 Å². The average Bonchev–Trinajstić information content (AvgIpc) is 2.02. The molecule has 0 radical (unpaired) electrons. The van der Waals surface area contributed by atoms with E-state index in [9.17, 15) is 0 Å². The molecule has 1 unspecified atom stereocenters. The van der Waals surface area contributed by atoms with Gasteiger partial charge in [-0.25, -0.2) is 0 Å². The van der Waals surface area contributed by atoms with Gasteiger partial charge in [-0.15, -0.1) is 0 Å².